The number of aliphatic hydroxyl groups is 1. The van der Waals surface area contributed by atoms with Gasteiger partial charge in [-0.3, -0.25) is 0 Å². The predicted molar refractivity (Wildman–Crippen MR) is 113 cm³/mol. The summed E-state index contributed by atoms with van der Waals surface area (Å²) in [7, 11) is 0. The van der Waals surface area contributed by atoms with E-state index in [0.717, 1.165) is 30.3 Å². The topological polar surface area (TPSA) is 228 Å². The van der Waals surface area contributed by atoms with E-state index in [-0.39, 0.29) is 11.1 Å². The molecule has 0 spiro atoms. The third kappa shape index (κ3) is 7.36. The minimum Gasteiger partial charge on any atom is -0.504 e. The lowest BCUT2D eigenvalue weighted by Gasteiger charge is -2.21. The van der Waals surface area contributed by atoms with Crippen molar-refractivity contribution >= 4 is 30.0 Å². The van der Waals surface area contributed by atoms with E-state index in [1.165, 1.54) is 12.1 Å². The predicted octanol–water partition coefficient (Wildman–Crippen LogP) is 0.119. The molecule has 13 heteroatoms. The van der Waals surface area contributed by atoms with E-state index in [1.807, 2.05) is 0 Å². The molecule has 0 saturated heterocycles. The summed E-state index contributed by atoms with van der Waals surface area (Å²) >= 11 is 0. The molecule has 0 aliphatic carbocycles. The van der Waals surface area contributed by atoms with Crippen molar-refractivity contribution in [2.24, 2.45) is 0 Å². The molecule has 0 aliphatic rings. The summed E-state index contributed by atoms with van der Waals surface area (Å²) < 4.78 is 9.17. The number of hydrogen-bond donors (Lipinski definition) is 7. The van der Waals surface area contributed by atoms with Gasteiger partial charge in [0.1, 0.15) is 0 Å². The van der Waals surface area contributed by atoms with Crippen LogP contribution in [0.3, 0.4) is 0 Å². The number of carboxylic acid groups (broad SMARTS) is 2. The van der Waals surface area contributed by atoms with Gasteiger partial charge in [-0.2, -0.15) is 0 Å². The Bertz CT molecular complexity index is 1150. The lowest BCUT2D eigenvalue weighted by molar-refractivity contribution is -0.189. The molecule has 13 nitrogen and oxygen atoms in total. The molecule has 3 atom stereocenters. The average Bonchev–Trinajstić information content (AvgIpc) is 2.78. The Labute approximate surface area is 196 Å². The first-order chi connectivity index (χ1) is 16.4. The highest BCUT2D eigenvalue weighted by atomic mass is 16.6. The number of carbonyl (C=O) groups excluding carboxylic acids is 2. The molecule has 35 heavy (non-hydrogen) atoms. The van der Waals surface area contributed by atoms with Gasteiger partial charge in [0.2, 0.25) is 12.2 Å². The second-order valence-corrected chi connectivity index (χ2v) is 7.02. The summed E-state index contributed by atoms with van der Waals surface area (Å²) in [5.74, 6) is -8.77. The van der Waals surface area contributed by atoms with E-state index in [4.69, 9.17) is 0 Å². The number of carbonyl (C=O) groups is 4. The highest BCUT2D eigenvalue weighted by molar-refractivity contribution is 5.92. The molecule has 1 unspecified atom stereocenters. The molecule has 2 aromatic rings. The number of phenols is 4. The van der Waals surface area contributed by atoms with Gasteiger partial charge < -0.3 is 45.2 Å². The fourth-order valence-electron chi connectivity index (χ4n) is 2.66. The van der Waals surface area contributed by atoms with Gasteiger partial charge in [0, 0.05) is 12.5 Å². The zero-order chi connectivity index (χ0) is 26.3. The number of carboxylic acids is 2. The third-order valence-electron chi connectivity index (χ3n) is 4.40. The van der Waals surface area contributed by atoms with Crippen molar-refractivity contribution in [3.05, 3.63) is 53.6 Å². The van der Waals surface area contributed by atoms with Crippen molar-refractivity contribution in [3.8, 4) is 23.0 Å². The first-order valence-corrected chi connectivity index (χ1v) is 9.64. The maximum absolute atomic E-state index is 12.2. The van der Waals surface area contributed by atoms with Crippen LogP contribution < -0.4 is 0 Å². The normalized spacial score (nSPS) is 13.5. The molecule has 2 rings (SSSR count). The molecule has 186 valence electrons. The first kappa shape index (κ1) is 26.5. The number of esters is 2. The summed E-state index contributed by atoms with van der Waals surface area (Å²) in [4.78, 5) is 47.2. The minimum atomic E-state index is -2.53. The maximum Gasteiger partial charge on any atom is 0.349 e. The smallest absolute Gasteiger partial charge is 0.349 e. The summed E-state index contributed by atoms with van der Waals surface area (Å²) in [6.07, 6.45) is -5.73. The van der Waals surface area contributed by atoms with Gasteiger partial charge in [0.05, 0.1) is 0 Å². The van der Waals surface area contributed by atoms with Crippen molar-refractivity contribution < 1.29 is 64.4 Å². The van der Waals surface area contributed by atoms with Crippen LogP contribution in [-0.4, -0.2) is 77.9 Å². The van der Waals surface area contributed by atoms with Crippen LogP contribution >= 0.6 is 0 Å². The molecular formula is C22H20O13. The van der Waals surface area contributed by atoms with Crippen molar-refractivity contribution in [2.45, 2.75) is 24.7 Å². The number of hydrogen-bond acceptors (Lipinski definition) is 11. The number of aliphatic carboxylic acids is 2. The van der Waals surface area contributed by atoms with Crippen molar-refractivity contribution in [2.75, 3.05) is 0 Å². The Balaban J connectivity index is 2.10. The van der Waals surface area contributed by atoms with E-state index < -0.39 is 71.6 Å². The van der Waals surface area contributed by atoms with Gasteiger partial charge >= 0.3 is 23.9 Å². The van der Waals surface area contributed by atoms with Crippen molar-refractivity contribution in [1.29, 1.82) is 0 Å². The van der Waals surface area contributed by atoms with Gasteiger partial charge in [-0.25, -0.2) is 19.2 Å². The quantitative estimate of drug-likeness (QED) is 0.133. The second kappa shape index (κ2) is 11.4. The lowest BCUT2D eigenvalue weighted by Crippen LogP contribution is -2.47. The Morgan fingerprint density at radius 3 is 1.86 bits per heavy atom. The first-order valence-electron chi connectivity index (χ1n) is 9.64. The van der Waals surface area contributed by atoms with Crippen LogP contribution in [0.5, 0.6) is 23.0 Å². The van der Waals surface area contributed by atoms with E-state index in [9.17, 15) is 54.9 Å². The van der Waals surface area contributed by atoms with Crippen LogP contribution in [0.4, 0.5) is 0 Å². The summed E-state index contributed by atoms with van der Waals surface area (Å²) in [6, 6.07) is 6.85. The fourth-order valence-corrected chi connectivity index (χ4v) is 2.66. The van der Waals surface area contributed by atoms with Gasteiger partial charge in [0.25, 0.3) is 0 Å². The number of phenolic OH excluding ortho intramolecular Hbond substituents is 4. The van der Waals surface area contributed by atoms with Crippen LogP contribution in [0.25, 0.3) is 6.08 Å². The van der Waals surface area contributed by atoms with Gasteiger partial charge in [-0.15, -0.1) is 0 Å². The summed E-state index contributed by atoms with van der Waals surface area (Å²) in [6.45, 7) is 0. The molecule has 0 saturated carbocycles. The number of aliphatic hydroxyl groups excluding tert-OH is 1. The van der Waals surface area contributed by atoms with Crippen LogP contribution in [0, 0.1) is 0 Å². The van der Waals surface area contributed by atoms with Crippen LogP contribution in [0.15, 0.2) is 42.5 Å². The van der Waals surface area contributed by atoms with E-state index in [2.05, 4.69) is 9.47 Å². The van der Waals surface area contributed by atoms with Crippen molar-refractivity contribution in [3.63, 3.8) is 0 Å². The molecule has 2 aromatic carbocycles. The standard InChI is InChI=1S/C22H20O13/c23-12-4-1-10(7-14(12)25)3-6-17(28)34-18(20(29)30)19(21(31)32)35-22(33)16(27)9-11-2-5-13(24)15(26)8-11/h1-8,16,18-19,23-27H,9H2,(H,29,30)(H,31,32)/b6-3+/t16?,18-,19-/m1/s1. The highest BCUT2D eigenvalue weighted by Gasteiger charge is 2.41. The summed E-state index contributed by atoms with van der Waals surface area (Å²) in [5, 5.41) is 66.1. The Morgan fingerprint density at radius 2 is 1.31 bits per heavy atom. The second-order valence-electron chi connectivity index (χ2n) is 7.02. The van der Waals surface area contributed by atoms with E-state index in [0.29, 0.717) is 6.08 Å². The van der Waals surface area contributed by atoms with E-state index >= 15 is 0 Å². The average molecular weight is 492 g/mol. The zero-order valence-electron chi connectivity index (χ0n) is 17.6. The number of aromatic hydroxyl groups is 4. The monoisotopic (exact) mass is 492 g/mol. The molecule has 0 radical (unpaired) electrons. The molecular weight excluding hydrogens is 472 g/mol. The molecule has 0 heterocycles. The van der Waals surface area contributed by atoms with E-state index in [1.54, 1.807) is 0 Å². The maximum atomic E-state index is 12.2. The molecule has 0 fully saturated rings. The van der Waals surface area contributed by atoms with Crippen LogP contribution in [-0.2, 0) is 35.1 Å². The largest absolute Gasteiger partial charge is 0.504 e. The summed E-state index contributed by atoms with van der Waals surface area (Å²) in [5.41, 5.74) is 0.358. The van der Waals surface area contributed by atoms with Gasteiger partial charge in [-0.1, -0.05) is 12.1 Å². The lowest BCUT2D eigenvalue weighted by atomic mass is 10.1. The fraction of sp³-hybridized carbons (Fsp3) is 0.182. The SMILES string of the molecule is O=C(/C=C/c1ccc(O)c(O)c1)O[C@@H](C(=O)O)[C@@H](OC(=O)C(O)Cc1ccc(O)c(O)c1)C(=O)O. The molecule has 7 N–H and O–H groups in total. The molecule has 0 aromatic heterocycles. The van der Waals surface area contributed by atoms with Crippen LogP contribution in [0.1, 0.15) is 11.1 Å². The third-order valence-corrected chi connectivity index (χ3v) is 4.40. The van der Waals surface area contributed by atoms with Gasteiger partial charge in [-0.05, 0) is 41.5 Å². The Kier molecular flexibility index (Phi) is 8.61. The number of benzene rings is 2. The Hall–Kier alpha value is -4.78. The Morgan fingerprint density at radius 1 is 0.771 bits per heavy atom. The number of rotatable bonds is 10. The van der Waals surface area contributed by atoms with Crippen LogP contribution in [0.2, 0.25) is 0 Å². The molecule has 0 amide bonds. The number of ether oxygens (including phenoxy) is 2. The highest BCUT2D eigenvalue weighted by Crippen LogP contribution is 2.26. The molecule has 0 bridgehead atoms. The van der Waals surface area contributed by atoms with Crippen molar-refractivity contribution in [1.82, 2.24) is 0 Å². The van der Waals surface area contributed by atoms with Gasteiger partial charge in [0.15, 0.2) is 29.1 Å². The molecule has 0 aliphatic heterocycles. The minimum absolute atomic E-state index is 0.156. The zero-order valence-corrected chi connectivity index (χ0v) is 17.6.